The summed E-state index contributed by atoms with van der Waals surface area (Å²) < 4.78 is 10.5. The molecule has 108 valence electrons. The molecule has 0 aliphatic heterocycles. The Morgan fingerprint density at radius 3 is 2.16 bits per heavy atom. The largest absolute Gasteiger partial charge is 0.497 e. The van der Waals surface area contributed by atoms with Gasteiger partial charge in [0.15, 0.2) is 0 Å². The first kappa shape index (κ1) is 15.8. The van der Waals surface area contributed by atoms with E-state index in [0.29, 0.717) is 0 Å². The van der Waals surface area contributed by atoms with E-state index in [1.54, 1.807) is 14.2 Å². The SMILES string of the molecule is COc1cc(CNCCCCN(C)C)cc(OC)c1. The Morgan fingerprint density at radius 2 is 1.63 bits per heavy atom. The highest BCUT2D eigenvalue weighted by Gasteiger charge is 2.01. The molecule has 0 atom stereocenters. The molecule has 0 aliphatic carbocycles. The third-order valence-electron chi connectivity index (χ3n) is 2.95. The normalized spacial score (nSPS) is 10.8. The molecule has 0 aromatic heterocycles. The van der Waals surface area contributed by atoms with Crippen molar-refractivity contribution in [1.82, 2.24) is 10.2 Å². The van der Waals surface area contributed by atoms with E-state index in [1.165, 1.54) is 18.4 Å². The second-order valence-corrected chi connectivity index (χ2v) is 4.91. The lowest BCUT2D eigenvalue weighted by atomic mass is 10.2. The number of unbranched alkanes of at least 4 members (excludes halogenated alkanes) is 1. The summed E-state index contributed by atoms with van der Waals surface area (Å²) in [4.78, 5) is 2.22. The molecule has 0 heterocycles. The summed E-state index contributed by atoms with van der Waals surface area (Å²) in [5.74, 6) is 1.67. The molecule has 1 N–H and O–H groups in total. The lowest BCUT2D eigenvalue weighted by Crippen LogP contribution is -2.18. The standard InChI is InChI=1S/C15H26N2O2/c1-17(2)8-6-5-7-16-12-13-9-14(18-3)11-15(10-13)19-4/h9-11,16H,5-8,12H2,1-4H3. The number of hydrogen-bond acceptors (Lipinski definition) is 4. The molecule has 0 amide bonds. The molecule has 1 rings (SSSR count). The van der Waals surface area contributed by atoms with Crippen molar-refractivity contribution in [3.63, 3.8) is 0 Å². The fourth-order valence-corrected chi connectivity index (χ4v) is 1.88. The van der Waals surface area contributed by atoms with E-state index in [9.17, 15) is 0 Å². The van der Waals surface area contributed by atoms with Crippen LogP contribution in [0, 0.1) is 0 Å². The smallest absolute Gasteiger partial charge is 0.122 e. The molecule has 0 fully saturated rings. The highest BCUT2D eigenvalue weighted by molar-refractivity contribution is 5.38. The van der Waals surface area contributed by atoms with Gasteiger partial charge in [-0.05, 0) is 57.7 Å². The van der Waals surface area contributed by atoms with E-state index in [4.69, 9.17) is 9.47 Å². The lowest BCUT2D eigenvalue weighted by molar-refractivity contribution is 0.390. The quantitative estimate of drug-likeness (QED) is 0.694. The van der Waals surface area contributed by atoms with Gasteiger partial charge in [0, 0.05) is 12.6 Å². The zero-order chi connectivity index (χ0) is 14.1. The second-order valence-electron chi connectivity index (χ2n) is 4.91. The van der Waals surface area contributed by atoms with E-state index >= 15 is 0 Å². The van der Waals surface area contributed by atoms with Gasteiger partial charge in [-0.3, -0.25) is 0 Å². The maximum Gasteiger partial charge on any atom is 0.122 e. The van der Waals surface area contributed by atoms with Crippen LogP contribution in [0.1, 0.15) is 18.4 Å². The number of rotatable bonds is 9. The van der Waals surface area contributed by atoms with Crippen LogP contribution in [0.2, 0.25) is 0 Å². The Labute approximate surface area is 116 Å². The second kappa shape index (κ2) is 8.77. The van der Waals surface area contributed by atoms with E-state index in [2.05, 4.69) is 24.3 Å². The van der Waals surface area contributed by atoms with Gasteiger partial charge in [-0.25, -0.2) is 0 Å². The summed E-state index contributed by atoms with van der Waals surface area (Å²) in [6.07, 6.45) is 2.42. The maximum atomic E-state index is 5.26. The fourth-order valence-electron chi connectivity index (χ4n) is 1.88. The van der Waals surface area contributed by atoms with Crippen molar-refractivity contribution in [3.05, 3.63) is 23.8 Å². The maximum absolute atomic E-state index is 5.26. The predicted molar refractivity (Wildman–Crippen MR) is 79.0 cm³/mol. The van der Waals surface area contributed by atoms with Crippen LogP contribution in [0.15, 0.2) is 18.2 Å². The van der Waals surface area contributed by atoms with Crippen molar-refractivity contribution in [3.8, 4) is 11.5 Å². The van der Waals surface area contributed by atoms with Crippen molar-refractivity contribution in [1.29, 1.82) is 0 Å². The van der Waals surface area contributed by atoms with Crippen molar-refractivity contribution in [2.24, 2.45) is 0 Å². The summed E-state index contributed by atoms with van der Waals surface area (Å²) >= 11 is 0. The molecule has 0 unspecified atom stereocenters. The third-order valence-corrected chi connectivity index (χ3v) is 2.95. The van der Waals surface area contributed by atoms with Crippen LogP contribution in [0.3, 0.4) is 0 Å². The minimum atomic E-state index is 0.837. The molecular weight excluding hydrogens is 240 g/mol. The fraction of sp³-hybridized carbons (Fsp3) is 0.600. The number of benzene rings is 1. The average Bonchev–Trinajstić information content (AvgIpc) is 2.41. The highest BCUT2D eigenvalue weighted by atomic mass is 16.5. The first-order valence-electron chi connectivity index (χ1n) is 6.73. The molecule has 0 spiro atoms. The van der Waals surface area contributed by atoms with Crippen LogP contribution in [-0.4, -0.2) is 46.3 Å². The summed E-state index contributed by atoms with van der Waals surface area (Å²) in [5.41, 5.74) is 1.18. The van der Waals surface area contributed by atoms with Crippen LogP contribution in [0.25, 0.3) is 0 Å². The molecule has 1 aromatic rings. The lowest BCUT2D eigenvalue weighted by Gasteiger charge is -2.11. The molecule has 0 saturated heterocycles. The van der Waals surface area contributed by atoms with Crippen molar-refractivity contribution < 1.29 is 9.47 Å². The number of nitrogens with one attached hydrogen (secondary N) is 1. The topological polar surface area (TPSA) is 33.7 Å². The Balaban J connectivity index is 2.32. The van der Waals surface area contributed by atoms with E-state index in [0.717, 1.165) is 31.1 Å². The molecular formula is C15H26N2O2. The van der Waals surface area contributed by atoms with Crippen LogP contribution in [0.4, 0.5) is 0 Å². The molecule has 0 saturated carbocycles. The van der Waals surface area contributed by atoms with Gasteiger partial charge < -0.3 is 19.7 Å². The average molecular weight is 266 g/mol. The number of ether oxygens (including phenoxy) is 2. The van der Waals surface area contributed by atoms with E-state index in [-0.39, 0.29) is 0 Å². The monoisotopic (exact) mass is 266 g/mol. The first-order chi connectivity index (χ1) is 9.15. The molecule has 4 heteroatoms. The number of hydrogen-bond donors (Lipinski definition) is 1. The predicted octanol–water partition coefficient (Wildman–Crippen LogP) is 2.14. The molecule has 0 radical (unpaired) electrons. The number of nitrogens with zero attached hydrogens (tertiary/aromatic N) is 1. The van der Waals surface area contributed by atoms with Crippen LogP contribution >= 0.6 is 0 Å². The zero-order valence-electron chi connectivity index (χ0n) is 12.5. The summed E-state index contributed by atoms with van der Waals surface area (Å²) in [6.45, 7) is 3.03. The van der Waals surface area contributed by atoms with Gasteiger partial charge in [-0.1, -0.05) is 0 Å². The zero-order valence-corrected chi connectivity index (χ0v) is 12.5. The summed E-state index contributed by atoms with van der Waals surface area (Å²) in [7, 11) is 7.56. The van der Waals surface area contributed by atoms with Crippen LogP contribution in [-0.2, 0) is 6.54 Å². The third kappa shape index (κ3) is 6.45. The van der Waals surface area contributed by atoms with Gasteiger partial charge >= 0.3 is 0 Å². The highest BCUT2D eigenvalue weighted by Crippen LogP contribution is 2.22. The molecule has 19 heavy (non-hydrogen) atoms. The first-order valence-corrected chi connectivity index (χ1v) is 6.73. The van der Waals surface area contributed by atoms with Gasteiger partial charge in [-0.2, -0.15) is 0 Å². The summed E-state index contributed by atoms with van der Waals surface area (Å²) in [6, 6.07) is 5.96. The van der Waals surface area contributed by atoms with Crippen LogP contribution in [0.5, 0.6) is 11.5 Å². The number of methoxy groups -OCH3 is 2. The van der Waals surface area contributed by atoms with Crippen molar-refractivity contribution in [2.45, 2.75) is 19.4 Å². The molecule has 0 bridgehead atoms. The minimum absolute atomic E-state index is 0.837. The van der Waals surface area contributed by atoms with Gasteiger partial charge in [-0.15, -0.1) is 0 Å². The van der Waals surface area contributed by atoms with Gasteiger partial charge in [0.2, 0.25) is 0 Å². The molecule has 1 aromatic carbocycles. The molecule has 4 nitrogen and oxygen atoms in total. The van der Waals surface area contributed by atoms with Gasteiger partial charge in [0.25, 0.3) is 0 Å². The van der Waals surface area contributed by atoms with E-state index in [1.807, 2.05) is 18.2 Å². The molecule has 0 aliphatic rings. The van der Waals surface area contributed by atoms with Gasteiger partial charge in [0.1, 0.15) is 11.5 Å². The Morgan fingerprint density at radius 1 is 1.00 bits per heavy atom. The van der Waals surface area contributed by atoms with Crippen molar-refractivity contribution in [2.75, 3.05) is 41.4 Å². The van der Waals surface area contributed by atoms with Crippen molar-refractivity contribution >= 4 is 0 Å². The van der Waals surface area contributed by atoms with Gasteiger partial charge in [0.05, 0.1) is 14.2 Å². The summed E-state index contributed by atoms with van der Waals surface area (Å²) in [5, 5.41) is 3.45. The van der Waals surface area contributed by atoms with E-state index < -0.39 is 0 Å². The Bertz CT molecular complexity index is 345. The Hall–Kier alpha value is -1.26. The minimum Gasteiger partial charge on any atom is -0.497 e. The Kier molecular flexibility index (Phi) is 7.30. The van der Waals surface area contributed by atoms with Crippen LogP contribution < -0.4 is 14.8 Å².